The molecular weight excluding hydrogens is 517 g/mol. The van der Waals surface area contributed by atoms with Gasteiger partial charge in [-0.1, -0.05) is 50.0 Å². The van der Waals surface area contributed by atoms with Gasteiger partial charge in [-0.25, -0.2) is 27.9 Å². The lowest BCUT2D eigenvalue weighted by Gasteiger charge is -2.30. The number of halogens is 2. The number of nitrogens with one attached hydrogen (secondary N) is 2. The molecule has 35 heavy (non-hydrogen) atoms. The Kier molecular flexibility index (Phi) is 8.37. The number of rotatable bonds is 9. The van der Waals surface area contributed by atoms with Crippen LogP contribution in [0.4, 0.5) is 4.79 Å². The number of hydrogen-bond donors (Lipinski definition) is 2. The van der Waals surface area contributed by atoms with E-state index in [9.17, 15) is 18.0 Å². The van der Waals surface area contributed by atoms with Crippen LogP contribution in [0, 0.1) is 5.41 Å². The molecule has 3 rings (SSSR count). The molecule has 0 aliphatic rings. The van der Waals surface area contributed by atoms with Crippen molar-refractivity contribution >= 4 is 56.1 Å². The van der Waals surface area contributed by atoms with Gasteiger partial charge in [-0.2, -0.15) is 0 Å². The summed E-state index contributed by atoms with van der Waals surface area (Å²) in [4.78, 5) is 32.6. The summed E-state index contributed by atoms with van der Waals surface area (Å²) in [5.74, 6) is -0.555. The van der Waals surface area contributed by atoms with Gasteiger partial charge in [0.15, 0.2) is 10.8 Å². The molecule has 10 nitrogen and oxygen atoms in total. The highest BCUT2D eigenvalue weighted by Crippen LogP contribution is 2.29. The number of amides is 1. The number of carbonyl (C=O) groups is 2. The molecule has 0 bridgehead atoms. The van der Waals surface area contributed by atoms with E-state index in [1.807, 2.05) is 20.8 Å². The van der Waals surface area contributed by atoms with Gasteiger partial charge in [-0.3, -0.25) is 4.79 Å². The zero-order valence-corrected chi connectivity index (χ0v) is 21.6. The predicted molar refractivity (Wildman–Crippen MR) is 132 cm³/mol. The highest BCUT2D eigenvalue weighted by Gasteiger charge is 2.29. The quantitative estimate of drug-likeness (QED) is 0.424. The van der Waals surface area contributed by atoms with E-state index in [2.05, 4.69) is 20.0 Å². The lowest BCUT2D eigenvalue weighted by atomic mass is 9.89. The van der Waals surface area contributed by atoms with E-state index in [0.29, 0.717) is 15.6 Å². The molecule has 1 aromatic carbocycles. The van der Waals surface area contributed by atoms with Gasteiger partial charge < -0.3 is 14.6 Å². The summed E-state index contributed by atoms with van der Waals surface area (Å²) in [5.41, 5.74) is 0.926. The number of Topliss-reactive ketones (excluding diaryl/α,β-unsaturated/α-hetero) is 1. The fraction of sp³-hybridized carbons (Fsp3) is 0.364. The van der Waals surface area contributed by atoms with E-state index < -0.39 is 46.5 Å². The van der Waals surface area contributed by atoms with E-state index in [-0.39, 0.29) is 11.6 Å². The van der Waals surface area contributed by atoms with Crippen molar-refractivity contribution in [3.63, 3.8) is 0 Å². The van der Waals surface area contributed by atoms with E-state index >= 15 is 0 Å². The van der Waals surface area contributed by atoms with Crippen molar-refractivity contribution in [1.82, 2.24) is 24.6 Å². The van der Waals surface area contributed by atoms with Gasteiger partial charge in [0.05, 0.1) is 47.0 Å². The standard InChI is InChI=1S/C22H25Cl2N5O5S/c1-22(2,3)19(12-29-13-27-17-8-15(23)16(24)9-18(17)29)34-21(31)26-10-14(30)11-28-35(32,33)20-6-4-5-7-25-20/h4-9,13,19,28H,10-12H2,1-3H3,(H,26,31)/t19-/m1/s1. The maximum absolute atomic E-state index is 12.4. The summed E-state index contributed by atoms with van der Waals surface area (Å²) in [5, 5.41) is 2.93. The molecule has 0 saturated heterocycles. The Labute approximate surface area is 213 Å². The van der Waals surface area contributed by atoms with Gasteiger partial charge in [0.25, 0.3) is 10.0 Å². The van der Waals surface area contributed by atoms with Crippen LogP contribution in [0.2, 0.25) is 10.0 Å². The number of fused-ring (bicyclic) bond motifs is 1. The Bertz CT molecular complexity index is 1320. The lowest BCUT2D eigenvalue weighted by Crippen LogP contribution is -2.41. The minimum Gasteiger partial charge on any atom is -0.444 e. The molecule has 2 heterocycles. The molecule has 0 aliphatic heterocycles. The summed E-state index contributed by atoms with van der Waals surface area (Å²) >= 11 is 12.2. The van der Waals surface area contributed by atoms with Gasteiger partial charge in [0.2, 0.25) is 0 Å². The van der Waals surface area contributed by atoms with Crippen LogP contribution in [-0.4, -0.2) is 54.0 Å². The van der Waals surface area contributed by atoms with Crippen molar-refractivity contribution in [1.29, 1.82) is 0 Å². The van der Waals surface area contributed by atoms with Crippen molar-refractivity contribution in [3.8, 4) is 0 Å². The third-order valence-corrected chi connectivity index (χ3v) is 7.08. The molecule has 1 amide bonds. The first-order valence-corrected chi connectivity index (χ1v) is 12.8. The van der Waals surface area contributed by atoms with Crippen LogP contribution in [0.25, 0.3) is 11.0 Å². The zero-order chi connectivity index (χ0) is 25.8. The van der Waals surface area contributed by atoms with Crippen molar-refractivity contribution in [3.05, 3.63) is 52.9 Å². The minimum atomic E-state index is -3.94. The van der Waals surface area contributed by atoms with E-state index in [0.717, 1.165) is 5.52 Å². The zero-order valence-electron chi connectivity index (χ0n) is 19.3. The molecule has 2 aromatic heterocycles. The van der Waals surface area contributed by atoms with E-state index in [1.54, 1.807) is 29.1 Å². The second-order valence-electron chi connectivity index (χ2n) is 8.80. The highest BCUT2D eigenvalue weighted by atomic mass is 35.5. The van der Waals surface area contributed by atoms with Gasteiger partial charge in [-0.15, -0.1) is 0 Å². The average Bonchev–Trinajstić information content (AvgIpc) is 3.17. The number of aromatic nitrogens is 3. The SMILES string of the molecule is CC(C)(C)[C@@H](Cn1cnc2cc(Cl)c(Cl)cc21)OC(=O)NCC(=O)CNS(=O)(=O)c1ccccn1. The van der Waals surface area contributed by atoms with E-state index in [1.165, 1.54) is 18.3 Å². The first-order chi connectivity index (χ1) is 16.4. The topological polar surface area (TPSA) is 132 Å². The van der Waals surface area contributed by atoms with Crippen LogP contribution in [0.15, 0.2) is 47.9 Å². The molecule has 2 N–H and O–H groups in total. The second kappa shape index (κ2) is 10.9. The number of imidazole rings is 1. The Morgan fingerprint density at radius 2 is 1.83 bits per heavy atom. The number of sulfonamides is 1. The Morgan fingerprint density at radius 3 is 2.49 bits per heavy atom. The predicted octanol–water partition coefficient (Wildman–Crippen LogP) is 3.43. The van der Waals surface area contributed by atoms with Crippen LogP contribution in [0.5, 0.6) is 0 Å². The van der Waals surface area contributed by atoms with Crippen LogP contribution in [0.1, 0.15) is 20.8 Å². The number of alkyl carbamates (subject to hydrolysis) is 1. The van der Waals surface area contributed by atoms with Gasteiger partial charge in [0.1, 0.15) is 6.10 Å². The van der Waals surface area contributed by atoms with Crippen LogP contribution in [-0.2, 0) is 26.1 Å². The summed E-state index contributed by atoms with van der Waals surface area (Å²) in [6.07, 6.45) is 1.54. The monoisotopic (exact) mass is 541 g/mol. The molecule has 188 valence electrons. The Balaban J connectivity index is 1.57. The number of benzene rings is 1. The third-order valence-electron chi connectivity index (χ3n) is 5.04. The number of ketones is 1. The number of pyridine rings is 1. The van der Waals surface area contributed by atoms with Crippen molar-refractivity contribution < 1.29 is 22.7 Å². The Hall–Kier alpha value is -2.73. The summed E-state index contributed by atoms with van der Waals surface area (Å²) < 4.78 is 33.9. The van der Waals surface area contributed by atoms with Crippen molar-refractivity contribution in [2.45, 2.75) is 38.4 Å². The summed E-state index contributed by atoms with van der Waals surface area (Å²) in [6, 6.07) is 7.74. The van der Waals surface area contributed by atoms with Gasteiger partial charge in [-0.05, 0) is 24.3 Å². The first-order valence-electron chi connectivity index (χ1n) is 10.5. The number of ether oxygens (including phenoxy) is 1. The normalized spacial score (nSPS) is 12.9. The summed E-state index contributed by atoms with van der Waals surface area (Å²) in [7, 11) is -3.94. The summed E-state index contributed by atoms with van der Waals surface area (Å²) in [6.45, 7) is 5.08. The molecule has 0 spiro atoms. The molecule has 1 atom stereocenters. The van der Waals surface area contributed by atoms with Crippen LogP contribution in [0.3, 0.4) is 0 Å². The average molecular weight is 542 g/mol. The van der Waals surface area contributed by atoms with Crippen molar-refractivity contribution in [2.75, 3.05) is 13.1 Å². The van der Waals surface area contributed by atoms with E-state index in [4.69, 9.17) is 27.9 Å². The molecule has 0 aliphatic carbocycles. The molecule has 13 heteroatoms. The second-order valence-corrected chi connectivity index (χ2v) is 11.3. The molecule has 0 radical (unpaired) electrons. The van der Waals surface area contributed by atoms with Gasteiger partial charge in [0, 0.05) is 11.6 Å². The highest BCUT2D eigenvalue weighted by molar-refractivity contribution is 7.89. The lowest BCUT2D eigenvalue weighted by molar-refractivity contribution is -0.117. The molecule has 0 unspecified atom stereocenters. The Morgan fingerprint density at radius 1 is 1.11 bits per heavy atom. The van der Waals surface area contributed by atoms with Gasteiger partial charge >= 0.3 is 6.09 Å². The maximum Gasteiger partial charge on any atom is 0.407 e. The first kappa shape index (κ1) is 26.9. The molecule has 0 fully saturated rings. The third kappa shape index (κ3) is 7.14. The van der Waals surface area contributed by atoms with Crippen LogP contribution < -0.4 is 10.0 Å². The molecule has 3 aromatic rings. The molecular formula is C22H25Cl2N5O5S. The minimum absolute atomic E-state index is 0.205. The fourth-order valence-corrected chi connectivity index (χ4v) is 4.30. The smallest absolute Gasteiger partial charge is 0.407 e. The number of nitrogens with zero attached hydrogens (tertiary/aromatic N) is 3. The van der Waals surface area contributed by atoms with Crippen molar-refractivity contribution in [2.24, 2.45) is 5.41 Å². The molecule has 0 saturated carbocycles. The number of hydrogen-bond acceptors (Lipinski definition) is 7. The largest absolute Gasteiger partial charge is 0.444 e. The number of carbonyl (C=O) groups excluding carboxylic acids is 2. The van der Waals surface area contributed by atoms with Crippen LogP contribution >= 0.6 is 23.2 Å². The maximum atomic E-state index is 12.4. The fourth-order valence-electron chi connectivity index (χ4n) is 3.03.